The molecule has 1 aromatic heterocycles. The summed E-state index contributed by atoms with van der Waals surface area (Å²) in [5.74, 6) is 0.507. The lowest BCUT2D eigenvalue weighted by atomic mass is 10.3. The number of aromatic nitrogens is 1. The van der Waals surface area contributed by atoms with Crippen LogP contribution in [0, 0.1) is 10.1 Å². The van der Waals surface area contributed by atoms with Crippen molar-refractivity contribution in [2.45, 2.75) is 5.03 Å². The van der Waals surface area contributed by atoms with Crippen LogP contribution in [0.4, 0.5) is 11.4 Å². The van der Waals surface area contributed by atoms with Crippen molar-refractivity contribution >= 4 is 29.0 Å². The van der Waals surface area contributed by atoms with Crippen LogP contribution in [-0.4, -0.2) is 28.7 Å². The summed E-state index contributed by atoms with van der Waals surface area (Å²) in [6.45, 7) is 0. The molecule has 1 amide bonds. The van der Waals surface area contributed by atoms with Gasteiger partial charge < -0.3 is 10.1 Å². The fourth-order valence-electron chi connectivity index (χ4n) is 1.64. The molecule has 0 aliphatic rings. The molecule has 1 heterocycles. The zero-order chi connectivity index (χ0) is 15.9. The fourth-order valence-corrected chi connectivity index (χ4v) is 2.28. The molecule has 0 saturated carbocycles. The minimum atomic E-state index is -0.518. The van der Waals surface area contributed by atoms with Crippen molar-refractivity contribution in [2.75, 3.05) is 18.2 Å². The Balaban J connectivity index is 1.91. The van der Waals surface area contributed by atoms with Gasteiger partial charge in [0.25, 0.3) is 5.69 Å². The van der Waals surface area contributed by atoms with E-state index in [1.54, 1.807) is 18.2 Å². The van der Waals surface area contributed by atoms with Gasteiger partial charge in [-0.15, -0.1) is 0 Å². The molecule has 1 N–H and O–H groups in total. The summed E-state index contributed by atoms with van der Waals surface area (Å²) in [5.41, 5.74) is 0.509. The smallest absolute Gasteiger partial charge is 0.287 e. The van der Waals surface area contributed by atoms with Gasteiger partial charge >= 0.3 is 0 Å². The van der Waals surface area contributed by atoms with Gasteiger partial charge in [0.15, 0.2) is 0 Å². The molecule has 2 rings (SSSR count). The Morgan fingerprint density at radius 2 is 2.14 bits per heavy atom. The largest absolute Gasteiger partial charge is 0.495 e. The van der Waals surface area contributed by atoms with E-state index in [0.29, 0.717) is 16.5 Å². The summed E-state index contributed by atoms with van der Waals surface area (Å²) in [6.07, 6.45) is 1.17. The molecule has 8 heteroatoms. The van der Waals surface area contributed by atoms with Gasteiger partial charge in [-0.2, -0.15) is 0 Å². The van der Waals surface area contributed by atoms with Crippen molar-refractivity contribution in [3.05, 3.63) is 52.7 Å². The average molecular weight is 319 g/mol. The molecule has 114 valence electrons. The Morgan fingerprint density at radius 1 is 1.36 bits per heavy atom. The molecule has 0 saturated heterocycles. The quantitative estimate of drug-likeness (QED) is 0.500. The molecule has 0 radical (unpaired) electrons. The fraction of sp³-hybridized carbons (Fsp3) is 0.143. The number of nitrogens with zero attached hydrogens (tertiary/aromatic N) is 2. The highest BCUT2D eigenvalue weighted by atomic mass is 32.2. The van der Waals surface area contributed by atoms with Gasteiger partial charge in [0.1, 0.15) is 11.9 Å². The third-order valence-electron chi connectivity index (χ3n) is 2.66. The average Bonchev–Trinajstić information content (AvgIpc) is 2.54. The predicted molar refractivity (Wildman–Crippen MR) is 83.2 cm³/mol. The first kappa shape index (κ1) is 15.8. The zero-order valence-electron chi connectivity index (χ0n) is 11.7. The van der Waals surface area contributed by atoms with E-state index in [1.165, 1.54) is 37.2 Å². The lowest BCUT2D eigenvalue weighted by Gasteiger charge is -2.09. The maximum atomic E-state index is 11.9. The maximum Gasteiger partial charge on any atom is 0.287 e. The third kappa shape index (κ3) is 4.19. The molecule has 7 nitrogen and oxygen atoms in total. The SMILES string of the molecule is COc1ccccc1NC(=O)CSc1ccc([N+](=O)[O-])cn1. The number of carbonyl (C=O) groups excluding carboxylic acids is 1. The van der Waals surface area contributed by atoms with Crippen LogP contribution in [0.15, 0.2) is 47.6 Å². The summed E-state index contributed by atoms with van der Waals surface area (Å²) in [4.78, 5) is 25.8. The number of amides is 1. The Morgan fingerprint density at radius 3 is 2.77 bits per heavy atom. The van der Waals surface area contributed by atoms with Crippen molar-refractivity contribution in [1.82, 2.24) is 4.98 Å². The molecule has 2 aromatic rings. The first-order valence-corrected chi connectivity index (χ1v) is 7.25. The van der Waals surface area contributed by atoms with Gasteiger partial charge in [0.05, 0.1) is 28.5 Å². The number of anilines is 1. The molecule has 22 heavy (non-hydrogen) atoms. The number of hydrogen-bond acceptors (Lipinski definition) is 6. The molecule has 0 bridgehead atoms. The number of hydrogen-bond donors (Lipinski definition) is 1. The molecular weight excluding hydrogens is 306 g/mol. The molecule has 0 atom stereocenters. The molecular formula is C14H13N3O4S. The van der Waals surface area contributed by atoms with E-state index in [4.69, 9.17) is 4.74 Å². The monoisotopic (exact) mass is 319 g/mol. The number of ether oxygens (including phenoxy) is 1. The van der Waals surface area contributed by atoms with Gasteiger partial charge in [-0.3, -0.25) is 14.9 Å². The van der Waals surface area contributed by atoms with Crippen molar-refractivity contribution in [3.8, 4) is 5.75 Å². The number of nitrogens with one attached hydrogen (secondary N) is 1. The number of para-hydroxylation sites is 2. The second kappa shape index (κ2) is 7.41. The van der Waals surface area contributed by atoms with E-state index in [9.17, 15) is 14.9 Å². The van der Waals surface area contributed by atoms with Crippen LogP contribution in [-0.2, 0) is 4.79 Å². The van der Waals surface area contributed by atoms with Crippen molar-refractivity contribution in [2.24, 2.45) is 0 Å². The molecule has 0 spiro atoms. The number of methoxy groups -OCH3 is 1. The molecule has 0 fully saturated rings. The van der Waals surface area contributed by atoms with Gasteiger partial charge in [-0.25, -0.2) is 4.98 Å². The normalized spacial score (nSPS) is 10.0. The number of benzene rings is 1. The minimum Gasteiger partial charge on any atom is -0.495 e. The zero-order valence-corrected chi connectivity index (χ0v) is 12.5. The standard InChI is InChI=1S/C14H13N3O4S/c1-21-12-5-3-2-4-11(12)16-13(18)9-22-14-7-6-10(8-15-14)17(19)20/h2-8H,9H2,1H3,(H,16,18). The van der Waals surface area contributed by atoms with E-state index in [0.717, 1.165) is 0 Å². The number of nitro groups is 1. The van der Waals surface area contributed by atoms with Crippen molar-refractivity contribution < 1.29 is 14.5 Å². The molecule has 1 aromatic carbocycles. The van der Waals surface area contributed by atoms with E-state index in [-0.39, 0.29) is 17.3 Å². The number of pyridine rings is 1. The lowest BCUT2D eigenvalue weighted by Crippen LogP contribution is -2.14. The predicted octanol–water partition coefficient (Wildman–Crippen LogP) is 2.73. The lowest BCUT2D eigenvalue weighted by molar-refractivity contribution is -0.385. The highest BCUT2D eigenvalue weighted by Gasteiger charge is 2.09. The summed E-state index contributed by atoms with van der Waals surface area (Å²) < 4.78 is 5.15. The van der Waals surface area contributed by atoms with E-state index in [1.807, 2.05) is 6.07 Å². The van der Waals surface area contributed by atoms with Crippen LogP contribution < -0.4 is 10.1 Å². The molecule has 0 aliphatic heterocycles. The third-order valence-corrected chi connectivity index (χ3v) is 3.61. The van der Waals surface area contributed by atoms with Crippen LogP contribution in [0.5, 0.6) is 5.75 Å². The van der Waals surface area contributed by atoms with E-state index in [2.05, 4.69) is 10.3 Å². The summed E-state index contributed by atoms with van der Waals surface area (Å²) >= 11 is 1.20. The van der Waals surface area contributed by atoms with Crippen LogP contribution in [0.25, 0.3) is 0 Å². The summed E-state index contributed by atoms with van der Waals surface area (Å²) in [7, 11) is 1.53. The minimum absolute atomic E-state index is 0.0807. The van der Waals surface area contributed by atoms with Crippen LogP contribution in [0.2, 0.25) is 0 Å². The molecule has 0 unspecified atom stereocenters. The van der Waals surface area contributed by atoms with Crippen molar-refractivity contribution in [3.63, 3.8) is 0 Å². The topological polar surface area (TPSA) is 94.4 Å². The highest BCUT2D eigenvalue weighted by Crippen LogP contribution is 2.24. The van der Waals surface area contributed by atoms with E-state index < -0.39 is 4.92 Å². The molecule has 0 aliphatic carbocycles. The first-order chi connectivity index (χ1) is 10.6. The Hall–Kier alpha value is -2.61. The Bertz CT molecular complexity index is 676. The highest BCUT2D eigenvalue weighted by molar-refractivity contribution is 7.99. The number of rotatable bonds is 6. The summed E-state index contributed by atoms with van der Waals surface area (Å²) in [5, 5.41) is 13.8. The number of thioether (sulfide) groups is 1. The maximum absolute atomic E-state index is 11.9. The second-order valence-corrected chi connectivity index (χ2v) is 5.14. The van der Waals surface area contributed by atoms with Crippen LogP contribution in [0.3, 0.4) is 0 Å². The summed E-state index contributed by atoms with van der Waals surface area (Å²) in [6, 6.07) is 9.96. The second-order valence-electron chi connectivity index (χ2n) is 4.15. The van der Waals surface area contributed by atoms with Gasteiger partial charge in [-0.05, 0) is 18.2 Å². The Labute approximate surface area is 130 Å². The van der Waals surface area contributed by atoms with Crippen LogP contribution in [0.1, 0.15) is 0 Å². The Kier molecular flexibility index (Phi) is 5.31. The van der Waals surface area contributed by atoms with Crippen molar-refractivity contribution in [1.29, 1.82) is 0 Å². The van der Waals surface area contributed by atoms with Gasteiger partial charge in [-0.1, -0.05) is 23.9 Å². The number of carbonyl (C=O) groups is 1. The van der Waals surface area contributed by atoms with E-state index >= 15 is 0 Å². The van der Waals surface area contributed by atoms with Gasteiger partial charge in [0, 0.05) is 6.07 Å². The van der Waals surface area contributed by atoms with Crippen LogP contribution >= 0.6 is 11.8 Å². The first-order valence-electron chi connectivity index (χ1n) is 6.26. The van der Waals surface area contributed by atoms with Gasteiger partial charge in [0.2, 0.25) is 5.91 Å².